The average molecular weight is 298 g/mol. The van der Waals surface area contributed by atoms with Gasteiger partial charge in [-0.3, -0.25) is 4.90 Å². The second-order valence-electron chi connectivity index (χ2n) is 4.91. The van der Waals surface area contributed by atoms with E-state index < -0.39 is 29.6 Å². The Hall–Kier alpha value is -2.23. The lowest BCUT2D eigenvalue weighted by Gasteiger charge is -2.24. The van der Waals surface area contributed by atoms with E-state index in [0.29, 0.717) is 0 Å². The first-order valence-corrected chi connectivity index (χ1v) is 6.26. The van der Waals surface area contributed by atoms with Crippen molar-refractivity contribution in [1.82, 2.24) is 0 Å². The summed E-state index contributed by atoms with van der Waals surface area (Å²) in [5.74, 6) is 0. The molecule has 2 atom stereocenters. The predicted molar refractivity (Wildman–Crippen MR) is 70.3 cm³/mol. The zero-order valence-corrected chi connectivity index (χ0v) is 11.7. The summed E-state index contributed by atoms with van der Waals surface area (Å²) in [5, 5.41) is 0. The number of carbonyl (C=O) groups excluding carboxylic acids is 1. The molecule has 7 heteroatoms. The number of anilines is 1. The number of ether oxygens (including phenoxy) is 1. The standard InChI is InChI=1S/C14H13F3N2O2/c1-7-11(19-8(2)9(3)21-13(19)20)6-5-10(18-4)12(7)14(15,16)17/h5-6,8-9H,1-3H3/t8-,9-/m0/s1. The van der Waals surface area contributed by atoms with E-state index in [1.165, 1.54) is 17.9 Å². The summed E-state index contributed by atoms with van der Waals surface area (Å²) in [5.41, 5.74) is -1.50. The Kier molecular flexibility index (Phi) is 3.58. The van der Waals surface area contributed by atoms with E-state index in [4.69, 9.17) is 11.3 Å². The lowest BCUT2D eigenvalue weighted by Crippen LogP contribution is -2.34. The van der Waals surface area contributed by atoms with E-state index in [0.717, 1.165) is 6.07 Å². The fourth-order valence-electron chi connectivity index (χ4n) is 2.41. The van der Waals surface area contributed by atoms with Gasteiger partial charge in [-0.25, -0.2) is 9.64 Å². The first-order chi connectivity index (χ1) is 9.68. The summed E-state index contributed by atoms with van der Waals surface area (Å²) in [7, 11) is 0. The van der Waals surface area contributed by atoms with Crippen LogP contribution >= 0.6 is 0 Å². The van der Waals surface area contributed by atoms with Crippen molar-refractivity contribution in [3.05, 3.63) is 34.7 Å². The van der Waals surface area contributed by atoms with Crippen LogP contribution in [0.4, 0.5) is 29.3 Å². The number of nitrogens with zero attached hydrogens (tertiary/aromatic N) is 2. The van der Waals surface area contributed by atoms with E-state index in [1.807, 2.05) is 0 Å². The molecule has 0 aliphatic carbocycles. The second-order valence-corrected chi connectivity index (χ2v) is 4.91. The minimum absolute atomic E-state index is 0.122. The van der Waals surface area contributed by atoms with Gasteiger partial charge >= 0.3 is 12.3 Å². The number of alkyl halides is 3. The van der Waals surface area contributed by atoms with Gasteiger partial charge in [-0.05, 0) is 32.4 Å². The maximum atomic E-state index is 13.2. The van der Waals surface area contributed by atoms with Crippen molar-refractivity contribution >= 4 is 17.5 Å². The molecule has 0 spiro atoms. The molecule has 112 valence electrons. The van der Waals surface area contributed by atoms with E-state index in [-0.39, 0.29) is 17.3 Å². The molecule has 0 radical (unpaired) electrons. The molecule has 0 N–H and O–H groups in total. The molecular weight excluding hydrogens is 285 g/mol. The molecule has 1 aromatic carbocycles. The average Bonchev–Trinajstić information content (AvgIpc) is 2.62. The third-order valence-corrected chi connectivity index (χ3v) is 3.65. The van der Waals surface area contributed by atoms with Crippen molar-refractivity contribution in [2.45, 2.75) is 39.1 Å². The van der Waals surface area contributed by atoms with Crippen molar-refractivity contribution in [3.8, 4) is 0 Å². The zero-order chi connectivity index (χ0) is 15.9. The Bertz CT molecular complexity index is 634. The van der Waals surface area contributed by atoms with E-state index >= 15 is 0 Å². The molecule has 2 rings (SSSR count). The highest BCUT2D eigenvalue weighted by Gasteiger charge is 2.41. The molecule has 1 aromatic rings. The molecular formula is C14H13F3N2O2. The molecule has 4 nitrogen and oxygen atoms in total. The lowest BCUT2D eigenvalue weighted by atomic mass is 10.0. The molecule has 0 aromatic heterocycles. The lowest BCUT2D eigenvalue weighted by molar-refractivity contribution is -0.137. The van der Waals surface area contributed by atoms with Gasteiger partial charge in [-0.1, -0.05) is 6.07 Å². The molecule has 1 heterocycles. The van der Waals surface area contributed by atoms with Gasteiger partial charge < -0.3 is 4.74 Å². The number of hydrogen-bond acceptors (Lipinski definition) is 2. The van der Waals surface area contributed by atoms with Gasteiger partial charge in [-0.2, -0.15) is 13.2 Å². The van der Waals surface area contributed by atoms with Gasteiger partial charge in [0.1, 0.15) is 6.10 Å². The number of rotatable bonds is 1. The predicted octanol–water partition coefficient (Wildman–Crippen LogP) is 4.30. The number of cyclic esters (lactones) is 1. The molecule has 0 unspecified atom stereocenters. The van der Waals surface area contributed by atoms with Gasteiger partial charge in [0.05, 0.1) is 18.2 Å². The third-order valence-electron chi connectivity index (χ3n) is 3.65. The summed E-state index contributed by atoms with van der Waals surface area (Å²) in [6.07, 6.45) is -5.74. The second kappa shape index (κ2) is 4.95. The topological polar surface area (TPSA) is 33.9 Å². The Morgan fingerprint density at radius 1 is 1.33 bits per heavy atom. The van der Waals surface area contributed by atoms with Crippen LogP contribution in [0, 0.1) is 13.5 Å². The van der Waals surface area contributed by atoms with Crippen LogP contribution in [0.15, 0.2) is 12.1 Å². The summed E-state index contributed by atoms with van der Waals surface area (Å²) in [4.78, 5) is 15.9. The van der Waals surface area contributed by atoms with Crippen LogP contribution in [0.2, 0.25) is 0 Å². The Morgan fingerprint density at radius 3 is 2.38 bits per heavy atom. The highest BCUT2D eigenvalue weighted by Crippen LogP contribution is 2.43. The molecule has 1 aliphatic heterocycles. The van der Waals surface area contributed by atoms with E-state index in [9.17, 15) is 18.0 Å². The fraction of sp³-hybridized carbons (Fsp3) is 0.429. The first-order valence-electron chi connectivity index (χ1n) is 6.26. The van der Waals surface area contributed by atoms with Crippen LogP contribution in [-0.4, -0.2) is 18.2 Å². The number of benzene rings is 1. The van der Waals surface area contributed by atoms with Crippen LogP contribution in [0.25, 0.3) is 4.85 Å². The maximum absolute atomic E-state index is 13.2. The zero-order valence-electron chi connectivity index (χ0n) is 11.7. The first kappa shape index (κ1) is 15.2. The highest BCUT2D eigenvalue weighted by molar-refractivity contribution is 5.92. The molecule has 0 bridgehead atoms. The van der Waals surface area contributed by atoms with Gasteiger partial charge in [0, 0.05) is 5.69 Å². The summed E-state index contributed by atoms with van der Waals surface area (Å²) in [6, 6.07) is 2.06. The van der Waals surface area contributed by atoms with Crippen LogP contribution < -0.4 is 4.90 Å². The number of carbonyl (C=O) groups is 1. The van der Waals surface area contributed by atoms with Gasteiger partial charge in [0.2, 0.25) is 0 Å². The van der Waals surface area contributed by atoms with Gasteiger partial charge in [0.25, 0.3) is 0 Å². The van der Waals surface area contributed by atoms with Gasteiger partial charge in [-0.15, -0.1) is 0 Å². The van der Waals surface area contributed by atoms with Crippen molar-refractivity contribution in [2.24, 2.45) is 0 Å². The van der Waals surface area contributed by atoms with Crippen LogP contribution in [0.5, 0.6) is 0 Å². The maximum Gasteiger partial charge on any atom is 0.415 e. The van der Waals surface area contributed by atoms with Crippen molar-refractivity contribution in [1.29, 1.82) is 0 Å². The number of halogens is 3. The van der Waals surface area contributed by atoms with Crippen molar-refractivity contribution in [3.63, 3.8) is 0 Å². The Balaban J connectivity index is 2.63. The molecule has 1 saturated heterocycles. The quantitative estimate of drug-likeness (QED) is 0.724. The summed E-state index contributed by atoms with van der Waals surface area (Å²) in [6.45, 7) is 11.5. The molecule has 1 amide bonds. The molecule has 21 heavy (non-hydrogen) atoms. The van der Waals surface area contributed by atoms with Crippen LogP contribution in [0.3, 0.4) is 0 Å². The van der Waals surface area contributed by atoms with Crippen LogP contribution in [0.1, 0.15) is 25.0 Å². The monoisotopic (exact) mass is 298 g/mol. The fourth-order valence-corrected chi connectivity index (χ4v) is 2.41. The largest absolute Gasteiger partial charge is 0.444 e. The minimum atomic E-state index is -4.65. The summed E-state index contributed by atoms with van der Waals surface area (Å²) < 4.78 is 44.5. The number of hydrogen-bond donors (Lipinski definition) is 0. The SMILES string of the molecule is [C-]#[N+]c1ccc(N2C(=O)O[C@@H](C)[C@@H]2C)c(C)c1C(F)(F)F. The minimum Gasteiger partial charge on any atom is -0.444 e. The molecule has 1 aliphatic rings. The third kappa shape index (κ3) is 2.42. The van der Waals surface area contributed by atoms with Crippen molar-refractivity contribution in [2.75, 3.05) is 4.90 Å². The van der Waals surface area contributed by atoms with Gasteiger partial charge in [0.15, 0.2) is 5.69 Å². The molecule has 1 fully saturated rings. The van der Waals surface area contributed by atoms with Crippen LogP contribution in [-0.2, 0) is 10.9 Å². The highest BCUT2D eigenvalue weighted by atomic mass is 19.4. The smallest absolute Gasteiger partial charge is 0.415 e. The van der Waals surface area contributed by atoms with E-state index in [1.54, 1.807) is 13.8 Å². The Morgan fingerprint density at radius 2 is 1.95 bits per heavy atom. The molecule has 0 saturated carbocycles. The van der Waals surface area contributed by atoms with E-state index in [2.05, 4.69) is 4.85 Å². The number of amides is 1. The summed E-state index contributed by atoms with van der Waals surface area (Å²) >= 11 is 0. The Labute approximate surface area is 119 Å². The van der Waals surface area contributed by atoms with Crippen molar-refractivity contribution < 1.29 is 22.7 Å². The normalized spacial score (nSPS) is 22.1.